The van der Waals surface area contributed by atoms with Gasteiger partial charge in [-0.2, -0.15) is 0 Å². The van der Waals surface area contributed by atoms with Crippen LogP contribution in [0.3, 0.4) is 0 Å². The highest BCUT2D eigenvalue weighted by atomic mass is 35.5. The molecule has 2 N–H and O–H groups in total. The lowest BCUT2D eigenvalue weighted by Crippen LogP contribution is -2.28. The van der Waals surface area contributed by atoms with Gasteiger partial charge in [0.15, 0.2) is 0 Å². The lowest BCUT2D eigenvalue weighted by Gasteiger charge is -2.36. The molecule has 2 saturated carbocycles. The minimum atomic E-state index is 0. The molecule has 0 aliphatic heterocycles. The van der Waals surface area contributed by atoms with Crippen LogP contribution in [0.5, 0.6) is 0 Å². The normalized spacial score (nSPS) is 27.5. The molecule has 2 rings (SSSR count). The van der Waals surface area contributed by atoms with Crippen molar-refractivity contribution in [2.24, 2.45) is 17.1 Å². The maximum absolute atomic E-state index is 5.69. The molecule has 0 atom stereocenters. The Bertz CT molecular complexity index is 142. The van der Waals surface area contributed by atoms with Crippen molar-refractivity contribution in [2.45, 2.75) is 51.4 Å². The van der Waals surface area contributed by atoms with Gasteiger partial charge < -0.3 is 5.73 Å². The number of nitrogens with two attached hydrogens (primary N) is 1. The molecule has 0 saturated heterocycles. The summed E-state index contributed by atoms with van der Waals surface area (Å²) in [6.45, 7) is 0.927. The van der Waals surface area contributed by atoms with Crippen LogP contribution in [0.4, 0.5) is 0 Å². The highest BCUT2D eigenvalue weighted by molar-refractivity contribution is 5.85. The largest absolute Gasteiger partial charge is 0.330 e. The van der Waals surface area contributed by atoms with Gasteiger partial charge >= 0.3 is 0 Å². The van der Waals surface area contributed by atoms with Gasteiger partial charge in [0.2, 0.25) is 0 Å². The molecule has 0 radical (unpaired) electrons. The van der Waals surface area contributed by atoms with E-state index >= 15 is 0 Å². The molecule has 2 aliphatic rings. The smallest absolute Gasteiger partial charge is 0.00489 e. The van der Waals surface area contributed by atoms with Crippen molar-refractivity contribution < 1.29 is 0 Å². The first kappa shape index (κ1) is 11.3. The summed E-state index contributed by atoms with van der Waals surface area (Å²) >= 11 is 0. The summed E-state index contributed by atoms with van der Waals surface area (Å²) in [6, 6.07) is 0. The Balaban J connectivity index is 0.000000845. The zero-order valence-electron chi connectivity index (χ0n) is 8.43. The van der Waals surface area contributed by atoms with Gasteiger partial charge in [0.05, 0.1) is 0 Å². The third-order valence-electron chi connectivity index (χ3n) is 4.16. The van der Waals surface area contributed by atoms with Crippen molar-refractivity contribution in [1.29, 1.82) is 0 Å². The standard InChI is InChI=1S/C11H21N.ClH/c12-9-10-3-7-11(8-4-10)5-1-2-6-11;/h10H,1-9,12H2;1H. The predicted octanol–water partition coefficient (Wildman–Crippen LogP) is 3.12. The van der Waals surface area contributed by atoms with E-state index < -0.39 is 0 Å². The van der Waals surface area contributed by atoms with E-state index in [1.807, 2.05) is 0 Å². The zero-order chi connectivity index (χ0) is 8.44. The molecule has 1 nitrogen and oxygen atoms in total. The molecule has 0 aromatic heterocycles. The molecule has 1 spiro atoms. The average molecular weight is 204 g/mol. The van der Waals surface area contributed by atoms with Gasteiger partial charge in [-0.05, 0) is 56.4 Å². The number of rotatable bonds is 1. The summed E-state index contributed by atoms with van der Waals surface area (Å²) in [6.07, 6.45) is 11.8. The minimum absolute atomic E-state index is 0. The van der Waals surface area contributed by atoms with Gasteiger partial charge in [0.25, 0.3) is 0 Å². The molecule has 13 heavy (non-hydrogen) atoms. The second-order valence-electron chi connectivity index (χ2n) is 4.89. The lowest BCUT2D eigenvalue weighted by atomic mass is 9.69. The Labute approximate surface area is 87.9 Å². The van der Waals surface area contributed by atoms with E-state index in [0.717, 1.165) is 17.9 Å². The molecule has 0 bridgehead atoms. The van der Waals surface area contributed by atoms with Crippen molar-refractivity contribution in [2.75, 3.05) is 6.54 Å². The molecule has 0 amide bonds. The highest BCUT2D eigenvalue weighted by Crippen LogP contribution is 2.49. The summed E-state index contributed by atoms with van der Waals surface area (Å²) < 4.78 is 0. The third kappa shape index (κ3) is 2.38. The first-order valence-electron chi connectivity index (χ1n) is 5.55. The molecule has 0 aromatic carbocycles. The average Bonchev–Trinajstić information content (AvgIpc) is 2.55. The number of hydrogen-bond acceptors (Lipinski definition) is 1. The summed E-state index contributed by atoms with van der Waals surface area (Å²) in [5.41, 5.74) is 6.49. The topological polar surface area (TPSA) is 26.0 Å². The van der Waals surface area contributed by atoms with Crippen molar-refractivity contribution >= 4 is 12.4 Å². The fourth-order valence-corrected chi connectivity index (χ4v) is 3.15. The lowest BCUT2D eigenvalue weighted by molar-refractivity contribution is 0.158. The summed E-state index contributed by atoms with van der Waals surface area (Å²) in [7, 11) is 0. The monoisotopic (exact) mass is 203 g/mol. The Morgan fingerprint density at radius 3 is 2.00 bits per heavy atom. The van der Waals surface area contributed by atoms with Crippen LogP contribution in [-0.2, 0) is 0 Å². The zero-order valence-corrected chi connectivity index (χ0v) is 9.24. The molecule has 78 valence electrons. The number of hydrogen-bond donors (Lipinski definition) is 1. The fourth-order valence-electron chi connectivity index (χ4n) is 3.15. The van der Waals surface area contributed by atoms with Gasteiger partial charge in [-0.15, -0.1) is 12.4 Å². The van der Waals surface area contributed by atoms with Crippen LogP contribution in [0.25, 0.3) is 0 Å². The fraction of sp³-hybridized carbons (Fsp3) is 1.00. The van der Waals surface area contributed by atoms with Gasteiger partial charge in [0, 0.05) is 0 Å². The van der Waals surface area contributed by atoms with Crippen molar-refractivity contribution in [3.8, 4) is 0 Å². The van der Waals surface area contributed by atoms with Gasteiger partial charge in [-0.1, -0.05) is 12.8 Å². The molecule has 2 fully saturated rings. The molecule has 2 aliphatic carbocycles. The Hall–Kier alpha value is 0.250. The first-order valence-corrected chi connectivity index (χ1v) is 5.55. The van der Waals surface area contributed by atoms with Crippen LogP contribution in [0, 0.1) is 11.3 Å². The van der Waals surface area contributed by atoms with E-state index in [4.69, 9.17) is 5.73 Å². The van der Waals surface area contributed by atoms with Crippen LogP contribution in [0.15, 0.2) is 0 Å². The van der Waals surface area contributed by atoms with Crippen molar-refractivity contribution in [3.63, 3.8) is 0 Å². The quantitative estimate of drug-likeness (QED) is 0.697. The third-order valence-corrected chi connectivity index (χ3v) is 4.16. The first-order chi connectivity index (χ1) is 5.85. The SMILES string of the molecule is Cl.NCC1CCC2(CCCC2)CC1. The van der Waals surface area contributed by atoms with E-state index in [1.54, 1.807) is 0 Å². The molecule has 0 aromatic rings. The Kier molecular flexibility index (Phi) is 4.06. The summed E-state index contributed by atoms with van der Waals surface area (Å²) in [5, 5.41) is 0. The molecular formula is C11H22ClN. The van der Waals surface area contributed by atoms with Crippen molar-refractivity contribution in [1.82, 2.24) is 0 Å². The van der Waals surface area contributed by atoms with Gasteiger partial charge in [-0.25, -0.2) is 0 Å². The van der Waals surface area contributed by atoms with Gasteiger partial charge in [-0.3, -0.25) is 0 Å². The van der Waals surface area contributed by atoms with E-state index in [9.17, 15) is 0 Å². The minimum Gasteiger partial charge on any atom is -0.330 e. The molecule has 2 heteroatoms. The highest BCUT2D eigenvalue weighted by Gasteiger charge is 2.36. The summed E-state index contributed by atoms with van der Waals surface area (Å²) in [4.78, 5) is 0. The predicted molar refractivity (Wildman–Crippen MR) is 59.2 cm³/mol. The Morgan fingerprint density at radius 2 is 1.54 bits per heavy atom. The van der Waals surface area contributed by atoms with Gasteiger partial charge in [0.1, 0.15) is 0 Å². The van der Waals surface area contributed by atoms with Crippen LogP contribution in [0.1, 0.15) is 51.4 Å². The van der Waals surface area contributed by atoms with Crippen molar-refractivity contribution in [3.05, 3.63) is 0 Å². The molecule has 0 unspecified atom stereocenters. The van der Waals surface area contributed by atoms with E-state index in [0.29, 0.717) is 0 Å². The van der Waals surface area contributed by atoms with Crippen LogP contribution >= 0.6 is 12.4 Å². The second-order valence-corrected chi connectivity index (χ2v) is 4.89. The van der Waals surface area contributed by atoms with E-state index in [2.05, 4.69) is 0 Å². The Morgan fingerprint density at radius 1 is 1.00 bits per heavy atom. The summed E-state index contributed by atoms with van der Waals surface area (Å²) in [5.74, 6) is 0.858. The second kappa shape index (κ2) is 4.65. The molecular weight excluding hydrogens is 182 g/mol. The van der Waals surface area contributed by atoms with Crippen LogP contribution in [-0.4, -0.2) is 6.54 Å². The van der Waals surface area contributed by atoms with E-state index in [-0.39, 0.29) is 12.4 Å². The maximum Gasteiger partial charge on any atom is -0.00489 e. The maximum atomic E-state index is 5.69. The van der Waals surface area contributed by atoms with Crippen LogP contribution in [0.2, 0.25) is 0 Å². The molecule has 0 heterocycles. The van der Waals surface area contributed by atoms with E-state index in [1.165, 1.54) is 51.4 Å². The van der Waals surface area contributed by atoms with Crippen LogP contribution < -0.4 is 5.73 Å². The number of halogens is 1.